The number of carbonyl (C=O) groups excluding carboxylic acids is 1. The van der Waals surface area contributed by atoms with Gasteiger partial charge in [-0.15, -0.1) is 0 Å². The smallest absolute Gasteiger partial charge is 0.303 e. The molecule has 2 aliphatic heterocycles. The van der Waals surface area contributed by atoms with Crippen LogP contribution in [0.4, 0.5) is 4.39 Å². The summed E-state index contributed by atoms with van der Waals surface area (Å²) in [5.74, 6) is -2.63. The number of nitrogens with one attached hydrogen (secondary N) is 1. The summed E-state index contributed by atoms with van der Waals surface area (Å²) in [6.45, 7) is 0.847. The molecule has 0 aromatic heterocycles. The fraction of sp³-hybridized carbons (Fsp3) is 0.333. The van der Waals surface area contributed by atoms with Crippen LogP contribution in [0.1, 0.15) is 34.3 Å². The number of nitrogens with two attached hydrogens (primary N) is 1. The molecule has 4 rings (SSSR count). The van der Waals surface area contributed by atoms with Crippen molar-refractivity contribution in [1.29, 1.82) is 0 Å². The third-order valence-corrected chi connectivity index (χ3v) is 8.27. The highest BCUT2D eigenvalue weighted by Gasteiger charge is 2.36. The second kappa shape index (κ2) is 9.55. The number of nitrogens with zero attached hydrogens (tertiary/aromatic N) is 1. The van der Waals surface area contributed by atoms with Crippen LogP contribution in [-0.4, -0.2) is 49.3 Å². The Hall–Kier alpha value is -3.24. The maximum absolute atomic E-state index is 13.7. The topological polar surface area (TPSA) is 130 Å². The molecular formula is C24H26FN3O5S. The van der Waals surface area contributed by atoms with Gasteiger partial charge in [0.15, 0.2) is 0 Å². The fourth-order valence-electron chi connectivity index (χ4n) is 4.66. The molecule has 10 heteroatoms. The molecular weight excluding hydrogens is 461 g/mol. The third-order valence-electron chi connectivity index (χ3n) is 6.41. The van der Waals surface area contributed by atoms with Crippen LogP contribution in [0, 0.1) is 17.7 Å². The number of halogens is 1. The van der Waals surface area contributed by atoms with Crippen LogP contribution in [0.25, 0.3) is 5.70 Å². The Morgan fingerprint density at radius 1 is 1.24 bits per heavy atom. The van der Waals surface area contributed by atoms with Crippen LogP contribution < -0.4 is 11.1 Å². The van der Waals surface area contributed by atoms with Crippen molar-refractivity contribution in [1.82, 2.24) is 9.62 Å². The lowest BCUT2D eigenvalue weighted by atomic mass is 9.82. The number of fused-ring (bicyclic) bond motifs is 1. The number of primary amides is 1. The van der Waals surface area contributed by atoms with Crippen LogP contribution in [0.15, 0.2) is 53.4 Å². The van der Waals surface area contributed by atoms with E-state index in [0.717, 1.165) is 16.8 Å². The molecule has 4 N–H and O–H groups in total. The molecule has 2 aromatic rings. The van der Waals surface area contributed by atoms with Gasteiger partial charge < -0.3 is 16.2 Å². The number of carboxylic acid groups (broad SMARTS) is 1. The number of sulfonamides is 1. The molecule has 0 radical (unpaired) electrons. The van der Waals surface area contributed by atoms with Crippen LogP contribution >= 0.6 is 0 Å². The van der Waals surface area contributed by atoms with E-state index >= 15 is 0 Å². The lowest BCUT2D eigenvalue weighted by Gasteiger charge is -2.37. The van der Waals surface area contributed by atoms with Crippen LogP contribution in [-0.2, 0) is 21.2 Å². The monoisotopic (exact) mass is 487 g/mol. The molecule has 1 amide bonds. The molecule has 2 aromatic carbocycles. The summed E-state index contributed by atoms with van der Waals surface area (Å²) in [7, 11) is -3.93. The van der Waals surface area contributed by atoms with Crippen molar-refractivity contribution in [3.05, 3.63) is 71.0 Å². The van der Waals surface area contributed by atoms with E-state index in [-0.39, 0.29) is 47.6 Å². The molecule has 2 heterocycles. The van der Waals surface area contributed by atoms with E-state index in [2.05, 4.69) is 5.32 Å². The molecule has 0 unspecified atom stereocenters. The average molecular weight is 488 g/mol. The zero-order valence-electron chi connectivity index (χ0n) is 18.4. The Bertz CT molecular complexity index is 1260. The van der Waals surface area contributed by atoms with Crippen molar-refractivity contribution >= 4 is 27.6 Å². The van der Waals surface area contributed by atoms with E-state index in [0.29, 0.717) is 19.4 Å². The van der Waals surface area contributed by atoms with Crippen molar-refractivity contribution in [2.45, 2.75) is 24.2 Å². The second-order valence-electron chi connectivity index (χ2n) is 8.62. The van der Waals surface area contributed by atoms with Crippen molar-refractivity contribution in [2.24, 2.45) is 17.6 Å². The largest absolute Gasteiger partial charge is 0.481 e. The van der Waals surface area contributed by atoms with Crippen LogP contribution in [0.2, 0.25) is 0 Å². The minimum Gasteiger partial charge on any atom is -0.481 e. The Kier molecular flexibility index (Phi) is 6.72. The fourth-order valence-corrected chi connectivity index (χ4v) is 6.20. The zero-order chi connectivity index (χ0) is 24.5. The van der Waals surface area contributed by atoms with E-state index in [1.807, 2.05) is 6.08 Å². The number of hydrogen-bond acceptors (Lipinski definition) is 5. The van der Waals surface area contributed by atoms with E-state index in [1.165, 1.54) is 40.7 Å². The maximum atomic E-state index is 13.7. The quantitative estimate of drug-likeness (QED) is 0.573. The first-order valence-electron chi connectivity index (χ1n) is 11.0. The van der Waals surface area contributed by atoms with Gasteiger partial charge in [0.25, 0.3) is 0 Å². The highest BCUT2D eigenvalue weighted by Crippen LogP contribution is 2.34. The number of piperidine rings is 1. The number of carbonyl (C=O) groups is 2. The lowest BCUT2D eigenvalue weighted by Crippen LogP contribution is -2.44. The van der Waals surface area contributed by atoms with Crippen molar-refractivity contribution in [2.75, 3.05) is 19.6 Å². The predicted octanol–water partition coefficient (Wildman–Crippen LogP) is 2.21. The van der Waals surface area contributed by atoms with Gasteiger partial charge >= 0.3 is 5.97 Å². The Morgan fingerprint density at radius 3 is 2.76 bits per heavy atom. The maximum Gasteiger partial charge on any atom is 0.303 e. The van der Waals surface area contributed by atoms with Gasteiger partial charge in [0.1, 0.15) is 5.82 Å². The highest BCUT2D eigenvalue weighted by atomic mass is 32.2. The summed E-state index contributed by atoms with van der Waals surface area (Å²) in [4.78, 5) is 23.0. The first kappa shape index (κ1) is 23.9. The van der Waals surface area contributed by atoms with E-state index in [4.69, 9.17) is 5.73 Å². The molecule has 180 valence electrons. The molecule has 0 spiro atoms. The summed E-state index contributed by atoms with van der Waals surface area (Å²) in [6, 6.07) is 10.1. The third kappa shape index (κ3) is 4.97. The molecule has 1 saturated heterocycles. The summed E-state index contributed by atoms with van der Waals surface area (Å²) in [5.41, 5.74) is 7.82. The van der Waals surface area contributed by atoms with Crippen molar-refractivity contribution in [3.8, 4) is 0 Å². The van der Waals surface area contributed by atoms with Gasteiger partial charge in [-0.05, 0) is 66.6 Å². The van der Waals surface area contributed by atoms with Gasteiger partial charge in [-0.25, -0.2) is 12.8 Å². The Morgan fingerprint density at radius 2 is 2.03 bits per heavy atom. The number of benzene rings is 2. The van der Waals surface area contributed by atoms with Crippen LogP contribution in [0.5, 0.6) is 0 Å². The van der Waals surface area contributed by atoms with Crippen LogP contribution in [0.3, 0.4) is 0 Å². The van der Waals surface area contributed by atoms with Gasteiger partial charge in [0, 0.05) is 42.9 Å². The van der Waals surface area contributed by atoms with E-state index in [1.54, 1.807) is 6.07 Å². The number of carboxylic acids is 1. The molecule has 8 nitrogen and oxygen atoms in total. The normalized spacial score (nSPS) is 22.1. The summed E-state index contributed by atoms with van der Waals surface area (Å²) < 4.78 is 41.7. The van der Waals surface area contributed by atoms with E-state index < -0.39 is 21.9 Å². The zero-order valence-corrected chi connectivity index (χ0v) is 19.2. The van der Waals surface area contributed by atoms with Gasteiger partial charge in [0.05, 0.1) is 4.90 Å². The van der Waals surface area contributed by atoms with Gasteiger partial charge in [-0.1, -0.05) is 12.1 Å². The molecule has 1 fully saturated rings. The molecule has 0 bridgehead atoms. The van der Waals surface area contributed by atoms with Crippen molar-refractivity contribution in [3.63, 3.8) is 0 Å². The van der Waals surface area contributed by atoms with Gasteiger partial charge in [-0.3, -0.25) is 9.59 Å². The molecule has 0 aliphatic carbocycles. The minimum atomic E-state index is -3.93. The molecule has 2 aliphatic rings. The number of aliphatic carboxylic acids is 1. The first-order chi connectivity index (χ1) is 16.1. The summed E-state index contributed by atoms with van der Waals surface area (Å²) >= 11 is 0. The SMILES string of the molecule is NC(=O)c1cccc(S(=O)(=O)N2CC[C@@H](CC(=O)O)[C@@H](/C=C3\NCCc4cc(F)ccc43)C2)c1. The highest BCUT2D eigenvalue weighted by molar-refractivity contribution is 7.89. The molecule has 0 saturated carbocycles. The van der Waals surface area contributed by atoms with Gasteiger partial charge in [-0.2, -0.15) is 4.31 Å². The first-order valence-corrected chi connectivity index (χ1v) is 12.5. The standard InChI is InChI=1S/C24H26FN3O5S/c25-19-4-5-21-16(10-19)6-8-27-22(21)12-18-14-28(9-7-15(18)13-23(29)30)34(32,33)20-3-1-2-17(11-20)24(26)31/h1-5,10-12,15,18,27H,6-9,13-14H2,(H2,26,31)(H,29,30)/b22-12-/t15-,18-/m0/s1. The number of rotatable bonds is 6. The summed E-state index contributed by atoms with van der Waals surface area (Å²) in [6.07, 6.45) is 2.82. The molecule has 2 atom stereocenters. The number of amides is 1. The second-order valence-corrected chi connectivity index (χ2v) is 10.6. The average Bonchev–Trinajstić information content (AvgIpc) is 2.79. The Labute approximate surface area is 197 Å². The van der Waals surface area contributed by atoms with Crippen molar-refractivity contribution < 1.29 is 27.5 Å². The minimum absolute atomic E-state index is 0.0384. The lowest BCUT2D eigenvalue weighted by molar-refractivity contribution is -0.138. The van der Waals surface area contributed by atoms with Gasteiger partial charge in [0.2, 0.25) is 15.9 Å². The Balaban J connectivity index is 1.67. The molecule has 34 heavy (non-hydrogen) atoms. The number of hydrogen-bond donors (Lipinski definition) is 3. The predicted molar refractivity (Wildman–Crippen MR) is 124 cm³/mol. The van der Waals surface area contributed by atoms with E-state index in [9.17, 15) is 27.5 Å². The summed E-state index contributed by atoms with van der Waals surface area (Å²) in [5, 5.41) is 12.7.